The first kappa shape index (κ1) is 14.2. The highest BCUT2D eigenvalue weighted by atomic mass is 35.5. The second-order valence-electron chi connectivity index (χ2n) is 4.23. The Labute approximate surface area is 122 Å². The van der Waals surface area contributed by atoms with E-state index in [2.05, 4.69) is 0 Å². The molecule has 0 aliphatic heterocycles. The molecule has 4 heteroatoms. The zero-order valence-corrected chi connectivity index (χ0v) is 11.9. The van der Waals surface area contributed by atoms with Crippen molar-refractivity contribution in [3.05, 3.63) is 52.5 Å². The van der Waals surface area contributed by atoms with Crippen molar-refractivity contribution in [2.75, 3.05) is 6.61 Å². The highest BCUT2D eigenvalue weighted by Crippen LogP contribution is 2.34. The predicted molar refractivity (Wildman–Crippen MR) is 79.9 cm³/mol. The van der Waals surface area contributed by atoms with E-state index in [4.69, 9.17) is 27.9 Å². The van der Waals surface area contributed by atoms with Gasteiger partial charge in [-0.3, -0.25) is 0 Å². The van der Waals surface area contributed by atoms with Gasteiger partial charge in [0.15, 0.2) is 0 Å². The molecule has 1 atom stereocenters. The molecule has 2 rings (SSSR count). The number of ether oxygens (including phenoxy) is 1. The summed E-state index contributed by atoms with van der Waals surface area (Å²) in [6, 6.07) is 11.7. The first-order valence-corrected chi connectivity index (χ1v) is 6.72. The van der Waals surface area contributed by atoms with Crippen molar-refractivity contribution in [2.24, 2.45) is 0 Å². The number of hydrogen-bond acceptors (Lipinski definition) is 2. The number of rotatable bonds is 4. The van der Waals surface area contributed by atoms with E-state index in [0.717, 1.165) is 16.3 Å². The molecule has 0 aliphatic rings. The van der Waals surface area contributed by atoms with Gasteiger partial charge >= 0.3 is 0 Å². The average Bonchev–Trinajstić information content (AvgIpc) is 2.43. The number of aliphatic hydroxyl groups excluding tert-OH is 1. The van der Waals surface area contributed by atoms with E-state index in [-0.39, 0.29) is 6.61 Å². The minimum Gasteiger partial charge on any atom is -0.487 e. The zero-order valence-electron chi connectivity index (χ0n) is 10.4. The van der Waals surface area contributed by atoms with Crippen LogP contribution in [-0.2, 0) is 0 Å². The summed E-state index contributed by atoms with van der Waals surface area (Å²) >= 11 is 11.4. The summed E-state index contributed by atoms with van der Waals surface area (Å²) in [5.41, 5.74) is 2.01. The smallest absolute Gasteiger partial charge is 0.133 e. The fraction of sp³-hybridized carbons (Fsp3) is 0.200. The number of benzene rings is 2. The Morgan fingerprint density at radius 3 is 2.74 bits per heavy atom. The lowest BCUT2D eigenvalue weighted by Gasteiger charge is -2.16. The van der Waals surface area contributed by atoms with Gasteiger partial charge in [-0.2, -0.15) is 0 Å². The van der Waals surface area contributed by atoms with Crippen LogP contribution in [0, 0.1) is 0 Å². The van der Waals surface area contributed by atoms with Crippen molar-refractivity contribution >= 4 is 34.0 Å². The Morgan fingerprint density at radius 1 is 1.32 bits per heavy atom. The Morgan fingerprint density at radius 2 is 2.05 bits per heavy atom. The summed E-state index contributed by atoms with van der Waals surface area (Å²) in [5.74, 6) is 0.643. The standard InChI is InChI=1S/C15H14Cl2O2/c1-10(18)13-7-6-11-4-2-3-5-14(11)15(13)19-9-12(17)8-16/h2-8,10,18H,9H2,1H3/b12-8-/t10-/m0/s1. The zero-order chi connectivity index (χ0) is 13.8. The van der Waals surface area contributed by atoms with E-state index in [1.54, 1.807) is 6.92 Å². The topological polar surface area (TPSA) is 29.5 Å². The molecule has 2 aromatic rings. The largest absolute Gasteiger partial charge is 0.487 e. The van der Waals surface area contributed by atoms with Crippen molar-refractivity contribution in [3.8, 4) is 5.75 Å². The summed E-state index contributed by atoms with van der Waals surface area (Å²) < 4.78 is 5.72. The maximum atomic E-state index is 9.83. The fourth-order valence-corrected chi connectivity index (χ4v) is 2.04. The second-order valence-corrected chi connectivity index (χ2v) is 4.93. The van der Waals surface area contributed by atoms with Crippen molar-refractivity contribution in [3.63, 3.8) is 0 Å². The lowest BCUT2D eigenvalue weighted by molar-refractivity contribution is 0.193. The summed E-state index contributed by atoms with van der Waals surface area (Å²) in [5, 5.41) is 12.2. The van der Waals surface area contributed by atoms with Gasteiger partial charge in [0, 0.05) is 16.5 Å². The minimum absolute atomic E-state index is 0.179. The van der Waals surface area contributed by atoms with Crippen LogP contribution in [0.1, 0.15) is 18.6 Å². The quantitative estimate of drug-likeness (QED) is 0.894. The lowest BCUT2D eigenvalue weighted by atomic mass is 10.0. The van der Waals surface area contributed by atoms with E-state index >= 15 is 0 Å². The molecule has 0 spiro atoms. The summed E-state index contributed by atoms with van der Waals surface area (Å²) in [4.78, 5) is 0. The van der Waals surface area contributed by atoms with Crippen LogP contribution in [0.5, 0.6) is 5.75 Å². The molecule has 2 nitrogen and oxygen atoms in total. The molecule has 1 N–H and O–H groups in total. The minimum atomic E-state index is -0.613. The number of aliphatic hydroxyl groups is 1. The van der Waals surface area contributed by atoms with Crippen molar-refractivity contribution in [2.45, 2.75) is 13.0 Å². The number of halogens is 2. The predicted octanol–water partition coefficient (Wildman–Crippen LogP) is 4.59. The molecule has 0 amide bonds. The first-order valence-electron chi connectivity index (χ1n) is 5.90. The van der Waals surface area contributed by atoms with Crippen LogP contribution in [0.2, 0.25) is 0 Å². The molecule has 19 heavy (non-hydrogen) atoms. The summed E-state index contributed by atoms with van der Waals surface area (Å²) in [6.45, 7) is 1.88. The molecule has 0 aliphatic carbocycles. The first-order chi connectivity index (χ1) is 9.13. The van der Waals surface area contributed by atoms with E-state index < -0.39 is 6.10 Å². The Kier molecular flexibility index (Phi) is 4.70. The molecule has 0 heterocycles. The Bertz CT molecular complexity index is 606. The van der Waals surface area contributed by atoms with Crippen LogP contribution in [0.3, 0.4) is 0 Å². The third-order valence-corrected chi connectivity index (χ3v) is 3.43. The molecule has 0 fully saturated rings. The van der Waals surface area contributed by atoms with Gasteiger partial charge < -0.3 is 9.84 Å². The maximum Gasteiger partial charge on any atom is 0.133 e. The van der Waals surface area contributed by atoms with E-state index in [1.165, 1.54) is 5.54 Å². The van der Waals surface area contributed by atoms with Crippen molar-refractivity contribution in [1.82, 2.24) is 0 Å². The van der Waals surface area contributed by atoms with Gasteiger partial charge in [0.05, 0.1) is 11.1 Å². The summed E-state index contributed by atoms with van der Waals surface area (Å²) in [7, 11) is 0. The van der Waals surface area contributed by atoms with E-state index in [1.807, 2.05) is 36.4 Å². The van der Waals surface area contributed by atoms with Gasteiger partial charge in [-0.05, 0) is 12.3 Å². The monoisotopic (exact) mass is 296 g/mol. The van der Waals surface area contributed by atoms with Gasteiger partial charge in [-0.1, -0.05) is 59.6 Å². The lowest BCUT2D eigenvalue weighted by Crippen LogP contribution is -2.03. The van der Waals surface area contributed by atoms with Crippen molar-refractivity contribution < 1.29 is 9.84 Å². The van der Waals surface area contributed by atoms with E-state index in [0.29, 0.717) is 10.8 Å². The Balaban J connectivity index is 2.49. The van der Waals surface area contributed by atoms with Crippen molar-refractivity contribution in [1.29, 1.82) is 0 Å². The van der Waals surface area contributed by atoms with Gasteiger partial charge in [0.2, 0.25) is 0 Å². The molecule has 2 aromatic carbocycles. The molecule has 0 aromatic heterocycles. The molecule has 0 radical (unpaired) electrons. The SMILES string of the molecule is C[C@H](O)c1ccc2ccccc2c1OC/C(Cl)=C/Cl. The van der Waals surface area contributed by atoms with Crippen LogP contribution < -0.4 is 4.74 Å². The van der Waals surface area contributed by atoms with Crippen LogP contribution in [0.25, 0.3) is 10.8 Å². The van der Waals surface area contributed by atoms with Crippen LogP contribution >= 0.6 is 23.2 Å². The van der Waals surface area contributed by atoms with Crippen LogP contribution in [0.15, 0.2) is 47.0 Å². The molecule has 0 saturated heterocycles. The summed E-state index contributed by atoms with van der Waals surface area (Å²) in [6.07, 6.45) is -0.613. The molecule has 0 saturated carbocycles. The Hall–Kier alpha value is -1.22. The molecule has 100 valence electrons. The van der Waals surface area contributed by atoms with Gasteiger partial charge in [-0.15, -0.1) is 0 Å². The maximum absolute atomic E-state index is 9.83. The highest BCUT2D eigenvalue weighted by molar-refractivity contribution is 6.36. The number of hydrogen-bond donors (Lipinski definition) is 1. The fourth-order valence-electron chi connectivity index (χ4n) is 1.92. The van der Waals surface area contributed by atoms with Crippen LogP contribution in [-0.4, -0.2) is 11.7 Å². The molecule has 0 unspecified atom stereocenters. The normalized spacial score (nSPS) is 13.6. The third kappa shape index (κ3) is 3.21. The van der Waals surface area contributed by atoms with E-state index in [9.17, 15) is 5.11 Å². The third-order valence-electron chi connectivity index (χ3n) is 2.83. The van der Waals surface area contributed by atoms with Gasteiger partial charge in [-0.25, -0.2) is 0 Å². The van der Waals surface area contributed by atoms with Gasteiger partial charge in [0.25, 0.3) is 0 Å². The molecular formula is C15H14Cl2O2. The average molecular weight is 297 g/mol. The highest BCUT2D eigenvalue weighted by Gasteiger charge is 2.13. The number of fused-ring (bicyclic) bond motifs is 1. The molecular weight excluding hydrogens is 283 g/mol. The molecule has 0 bridgehead atoms. The second kappa shape index (κ2) is 6.29. The van der Waals surface area contributed by atoms with Gasteiger partial charge in [0.1, 0.15) is 12.4 Å². The van der Waals surface area contributed by atoms with Crippen LogP contribution in [0.4, 0.5) is 0 Å².